The molecule has 0 aliphatic rings. The molecule has 0 radical (unpaired) electrons. The third kappa shape index (κ3) is 2.54. The molecule has 0 fully saturated rings. The van der Waals surface area contributed by atoms with Gasteiger partial charge in [-0.25, -0.2) is 4.98 Å². The number of aliphatic hydroxyl groups is 1. The zero-order chi connectivity index (χ0) is 13.3. The summed E-state index contributed by atoms with van der Waals surface area (Å²) in [6.07, 6.45) is -2.01. The van der Waals surface area contributed by atoms with E-state index in [-0.39, 0.29) is 22.6 Å². The number of aromatic amines is 1. The topological polar surface area (TPSA) is 61.8 Å². The molecule has 2 N–H and O–H groups in total. The first-order chi connectivity index (χ1) is 8.41. The standard InChI is InChI=1S/C10H7BrF3N3O/c11-5-1-7(10(12,13)14)8(15-2-5)9-16-3-6(4-18)17-9/h1-3,18H,4H2,(H,16,17). The minimum Gasteiger partial charge on any atom is -0.390 e. The molecule has 2 aromatic heterocycles. The van der Waals surface area contributed by atoms with Crippen LogP contribution < -0.4 is 0 Å². The van der Waals surface area contributed by atoms with Crippen LogP contribution in [0.25, 0.3) is 11.5 Å². The van der Waals surface area contributed by atoms with Crippen molar-refractivity contribution in [2.75, 3.05) is 0 Å². The van der Waals surface area contributed by atoms with E-state index < -0.39 is 11.7 Å². The summed E-state index contributed by atoms with van der Waals surface area (Å²) in [5.74, 6) is -0.0288. The van der Waals surface area contributed by atoms with Gasteiger partial charge in [0.1, 0.15) is 5.69 Å². The fourth-order valence-corrected chi connectivity index (χ4v) is 1.74. The van der Waals surface area contributed by atoms with Crippen LogP contribution in [0, 0.1) is 0 Å². The van der Waals surface area contributed by atoms with Crippen LogP contribution >= 0.6 is 15.9 Å². The molecular formula is C10H7BrF3N3O. The van der Waals surface area contributed by atoms with Crippen LogP contribution in [0.1, 0.15) is 11.3 Å². The second kappa shape index (κ2) is 4.69. The van der Waals surface area contributed by atoms with Crippen LogP contribution in [0.5, 0.6) is 0 Å². The van der Waals surface area contributed by atoms with Gasteiger partial charge in [-0.3, -0.25) is 4.98 Å². The average Bonchev–Trinajstić information content (AvgIpc) is 2.76. The number of aliphatic hydroxyl groups excluding tert-OH is 1. The lowest BCUT2D eigenvalue weighted by Gasteiger charge is -2.10. The molecule has 0 amide bonds. The Morgan fingerprint density at radius 3 is 2.56 bits per heavy atom. The number of imidazole rings is 1. The third-order valence-electron chi connectivity index (χ3n) is 2.18. The van der Waals surface area contributed by atoms with E-state index in [0.717, 1.165) is 6.07 Å². The fourth-order valence-electron chi connectivity index (χ4n) is 1.40. The normalized spacial score (nSPS) is 11.8. The van der Waals surface area contributed by atoms with Gasteiger partial charge in [0.25, 0.3) is 0 Å². The van der Waals surface area contributed by atoms with Crippen molar-refractivity contribution in [3.05, 3.63) is 34.2 Å². The molecule has 8 heteroatoms. The number of aromatic nitrogens is 3. The van der Waals surface area contributed by atoms with Gasteiger partial charge in [-0.05, 0) is 22.0 Å². The summed E-state index contributed by atoms with van der Waals surface area (Å²) in [6, 6.07) is 0.934. The Kier molecular flexibility index (Phi) is 3.40. The second-order valence-corrected chi connectivity index (χ2v) is 4.38. The van der Waals surface area contributed by atoms with Crippen LogP contribution in [-0.2, 0) is 12.8 Å². The summed E-state index contributed by atoms with van der Waals surface area (Å²) in [5.41, 5.74) is -0.871. The zero-order valence-corrected chi connectivity index (χ0v) is 10.4. The smallest absolute Gasteiger partial charge is 0.390 e. The van der Waals surface area contributed by atoms with Crippen molar-refractivity contribution in [3.8, 4) is 11.5 Å². The maximum Gasteiger partial charge on any atom is 0.418 e. The Hall–Kier alpha value is -1.41. The average molecular weight is 322 g/mol. The van der Waals surface area contributed by atoms with Crippen molar-refractivity contribution in [2.45, 2.75) is 12.8 Å². The summed E-state index contributed by atoms with van der Waals surface area (Å²) < 4.78 is 38.8. The van der Waals surface area contributed by atoms with Crippen LogP contribution in [0.4, 0.5) is 13.2 Å². The molecule has 0 atom stereocenters. The third-order valence-corrected chi connectivity index (χ3v) is 2.62. The van der Waals surface area contributed by atoms with E-state index in [1.807, 2.05) is 0 Å². The number of hydrogen-bond acceptors (Lipinski definition) is 3. The quantitative estimate of drug-likeness (QED) is 0.894. The molecule has 0 saturated carbocycles. The molecule has 4 nitrogen and oxygen atoms in total. The second-order valence-electron chi connectivity index (χ2n) is 3.46. The highest BCUT2D eigenvalue weighted by Crippen LogP contribution is 2.36. The molecule has 2 heterocycles. The molecule has 96 valence electrons. The van der Waals surface area contributed by atoms with Crippen molar-refractivity contribution in [1.82, 2.24) is 15.0 Å². The summed E-state index contributed by atoms with van der Waals surface area (Å²) >= 11 is 2.95. The first-order valence-corrected chi connectivity index (χ1v) is 5.59. The number of nitrogens with zero attached hydrogens (tertiary/aromatic N) is 2. The Labute approximate surface area is 108 Å². The van der Waals surface area contributed by atoms with Crippen molar-refractivity contribution in [2.24, 2.45) is 0 Å². The predicted molar refractivity (Wildman–Crippen MR) is 60.4 cm³/mol. The van der Waals surface area contributed by atoms with E-state index >= 15 is 0 Å². The van der Waals surface area contributed by atoms with Crippen LogP contribution in [0.15, 0.2) is 22.9 Å². The molecule has 0 saturated heterocycles. The zero-order valence-electron chi connectivity index (χ0n) is 8.79. The Bertz CT molecular complexity index is 568. The largest absolute Gasteiger partial charge is 0.418 e. The van der Waals surface area contributed by atoms with Crippen molar-refractivity contribution in [3.63, 3.8) is 0 Å². The van der Waals surface area contributed by atoms with Crippen molar-refractivity contribution < 1.29 is 18.3 Å². The monoisotopic (exact) mass is 321 g/mol. The summed E-state index contributed by atoms with van der Waals surface area (Å²) in [7, 11) is 0. The van der Waals surface area contributed by atoms with E-state index in [1.165, 1.54) is 12.4 Å². The highest BCUT2D eigenvalue weighted by molar-refractivity contribution is 9.10. The molecule has 2 aromatic rings. The highest BCUT2D eigenvalue weighted by Gasteiger charge is 2.35. The predicted octanol–water partition coefficient (Wildman–Crippen LogP) is 2.75. The first-order valence-electron chi connectivity index (χ1n) is 4.79. The number of rotatable bonds is 2. The Morgan fingerprint density at radius 1 is 1.28 bits per heavy atom. The van der Waals surface area contributed by atoms with E-state index in [9.17, 15) is 13.2 Å². The van der Waals surface area contributed by atoms with E-state index in [2.05, 4.69) is 30.9 Å². The van der Waals surface area contributed by atoms with Gasteiger partial charge in [-0.15, -0.1) is 0 Å². The first kappa shape index (κ1) is 13.0. The summed E-state index contributed by atoms with van der Waals surface area (Å²) in [5, 5.41) is 8.85. The number of alkyl halides is 3. The maximum absolute atomic E-state index is 12.9. The van der Waals surface area contributed by atoms with Crippen LogP contribution in [-0.4, -0.2) is 20.1 Å². The number of halogens is 4. The van der Waals surface area contributed by atoms with Crippen molar-refractivity contribution in [1.29, 1.82) is 0 Å². The van der Waals surface area contributed by atoms with Gasteiger partial charge in [0.15, 0.2) is 5.82 Å². The number of nitrogens with one attached hydrogen (secondary N) is 1. The minimum atomic E-state index is -4.53. The lowest BCUT2D eigenvalue weighted by molar-refractivity contribution is -0.137. The van der Waals surface area contributed by atoms with E-state index in [4.69, 9.17) is 5.11 Å². The fraction of sp³-hybridized carbons (Fsp3) is 0.200. The van der Waals surface area contributed by atoms with Gasteiger partial charge in [0.05, 0.1) is 24.1 Å². The lowest BCUT2D eigenvalue weighted by Crippen LogP contribution is -2.09. The van der Waals surface area contributed by atoms with Gasteiger partial charge in [0.2, 0.25) is 0 Å². The molecular weight excluding hydrogens is 315 g/mol. The summed E-state index contributed by atoms with van der Waals surface area (Å²) in [6.45, 7) is -0.328. The van der Waals surface area contributed by atoms with Gasteiger partial charge in [-0.2, -0.15) is 13.2 Å². The number of pyridine rings is 1. The molecule has 18 heavy (non-hydrogen) atoms. The molecule has 0 unspecified atom stereocenters. The SMILES string of the molecule is OCc1cnc(-c2ncc(Br)cc2C(F)(F)F)[nH]1. The molecule has 0 aliphatic carbocycles. The van der Waals surface area contributed by atoms with Gasteiger partial charge in [-0.1, -0.05) is 0 Å². The summed E-state index contributed by atoms with van der Waals surface area (Å²) in [4.78, 5) is 10.1. The minimum absolute atomic E-state index is 0.0288. The lowest BCUT2D eigenvalue weighted by atomic mass is 10.2. The number of H-pyrrole nitrogens is 1. The van der Waals surface area contributed by atoms with E-state index in [0.29, 0.717) is 5.69 Å². The molecule has 0 aliphatic heterocycles. The highest BCUT2D eigenvalue weighted by atomic mass is 79.9. The van der Waals surface area contributed by atoms with Gasteiger partial charge >= 0.3 is 6.18 Å². The van der Waals surface area contributed by atoms with E-state index in [1.54, 1.807) is 0 Å². The van der Waals surface area contributed by atoms with Crippen LogP contribution in [0.2, 0.25) is 0 Å². The molecule has 0 spiro atoms. The number of hydrogen-bond donors (Lipinski definition) is 2. The molecule has 0 bridgehead atoms. The van der Waals surface area contributed by atoms with Crippen LogP contribution in [0.3, 0.4) is 0 Å². The molecule has 0 aromatic carbocycles. The van der Waals surface area contributed by atoms with Crippen molar-refractivity contribution >= 4 is 15.9 Å². The Morgan fingerprint density at radius 2 is 2.00 bits per heavy atom. The van der Waals surface area contributed by atoms with Gasteiger partial charge < -0.3 is 10.1 Å². The Balaban J connectivity index is 2.56. The van der Waals surface area contributed by atoms with Gasteiger partial charge in [0, 0.05) is 10.7 Å². The maximum atomic E-state index is 12.9. The molecule has 2 rings (SSSR count).